The Balaban J connectivity index is 1.67. The van der Waals surface area contributed by atoms with Crippen LogP contribution in [-0.4, -0.2) is 36.9 Å². The molecule has 1 aliphatic rings. The van der Waals surface area contributed by atoms with E-state index in [0.717, 1.165) is 29.9 Å². The van der Waals surface area contributed by atoms with Crippen molar-refractivity contribution in [2.45, 2.75) is 59.3 Å². The molecule has 0 amide bonds. The Morgan fingerprint density at radius 3 is 2.75 bits per heavy atom. The van der Waals surface area contributed by atoms with Crippen molar-refractivity contribution in [1.82, 2.24) is 35.6 Å². The van der Waals surface area contributed by atoms with Gasteiger partial charge in [-0.05, 0) is 18.8 Å². The number of hydrogen-bond acceptors (Lipinski definition) is 5. The van der Waals surface area contributed by atoms with Gasteiger partial charge in [-0.15, -0.1) is 11.7 Å². The first kappa shape index (κ1) is 16.9. The summed E-state index contributed by atoms with van der Waals surface area (Å²) < 4.78 is 3.77. The lowest BCUT2D eigenvalue weighted by molar-refractivity contribution is 0.285. The zero-order chi connectivity index (χ0) is 17.3. The van der Waals surface area contributed by atoms with Gasteiger partial charge < -0.3 is 0 Å². The fraction of sp³-hybridized carbons (Fsp3) is 0.588. The van der Waals surface area contributed by atoms with Crippen molar-refractivity contribution in [3.63, 3.8) is 0 Å². The van der Waals surface area contributed by atoms with Crippen LogP contribution < -0.4 is 10.9 Å². The van der Waals surface area contributed by atoms with Crippen molar-refractivity contribution in [3.8, 4) is 11.3 Å². The molecule has 7 nitrogen and oxygen atoms in total. The molecule has 2 aromatic rings. The second kappa shape index (κ2) is 6.49. The fourth-order valence-corrected chi connectivity index (χ4v) is 3.04. The second-order valence-corrected chi connectivity index (χ2v) is 7.60. The van der Waals surface area contributed by atoms with E-state index in [-0.39, 0.29) is 5.41 Å². The Morgan fingerprint density at radius 1 is 1.29 bits per heavy atom. The summed E-state index contributed by atoms with van der Waals surface area (Å²) in [6.45, 7) is 14.0. The van der Waals surface area contributed by atoms with Crippen molar-refractivity contribution in [2.24, 2.45) is 5.41 Å². The molecule has 0 saturated carbocycles. The monoisotopic (exact) mass is 329 g/mol. The van der Waals surface area contributed by atoms with Gasteiger partial charge >= 0.3 is 0 Å². The molecule has 0 aromatic carbocycles. The van der Waals surface area contributed by atoms with Gasteiger partial charge in [0, 0.05) is 23.8 Å². The predicted octanol–water partition coefficient (Wildman–Crippen LogP) is 1.92. The van der Waals surface area contributed by atoms with E-state index in [9.17, 15) is 0 Å². The average Bonchev–Trinajstić information content (AvgIpc) is 3.19. The number of rotatable bonds is 5. The van der Waals surface area contributed by atoms with Gasteiger partial charge in [0.05, 0.1) is 25.0 Å². The average molecular weight is 329 g/mol. The van der Waals surface area contributed by atoms with Gasteiger partial charge in [-0.3, -0.25) is 20.2 Å². The minimum absolute atomic E-state index is 0.242. The zero-order valence-electron chi connectivity index (χ0n) is 15.0. The van der Waals surface area contributed by atoms with Crippen LogP contribution in [0.5, 0.6) is 0 Å². The number of aromatic nitrogens is 5. The maximum Gasteiger partial charge on any atom is 0.116 e. The van der Waals surface area contributed by atoms with E-state index in [0.29, 0.717) is 18.6 Å². The van der Waals surface area contributed by atoms with Crippen LogP contribution in [-0.2, 0) is 13.1 Å². The summed E-state index contributed by atoms with van der Waals surface area (Å²) in [4.78, 5) is 0. The molecule has 1 saturated heterocycles. The third-order valence-electron chi connectivity index (χ3n) is 4.51. The molecular weight excluding hydrogens is 302 g/mol. The Labute approximate surface area is 143 Å². The highest BCUT2D eigenvalue weighted by Gasteiger charge is 2.32. The number of hydrazine groups is 1. The van der Waals surface area contributed by atoms with Gasteiger partial charge in [0.2, 0.25) is 0 Å². The van der Waals surface area contributed by atoms with E-state index in [1.807, 2.05) is 34.8 Å². The van der Waals surface area contributed by atoms with Crippen LogP contribution in [0.4, 0.5) is 0 Å². The lowest BCUT2D eigenvalue weighted by Crippen LogP contribution is -2.40. The number of nitrogens with one attached hydrogen (secondary N) is 2. The molecule has 1 fully saturated rings. The van der Waals surface area contributed by atoms with Gasteiger partial charge in [0.1, 0.15) is 5.69 Å². The summed E-state index contributed by atoms with van der Waals surface area (Å²) in [6, 6.07) is 0.818. The number of allylic oxidation sites excluding steroid dienone is 1. The first-order valence-electron chi connectivity index (χ1n) is 8.43. The van der Waals surface area contributed by atoms with Crippen molar-refractivity contribution in [2.75, 3.05) is 0 Å². The van der Waals surface area contributed by atoms with E-state index in [2.05, 4.69) is 53.6 Å². The summed E-state index contributed by atoms with van der Waals surface area (Å²) in [5.41, 5.74) is 9.86. The molecular formula is C17H27N7. The van der Waals surface area contributed by atoms with Crippen LogP contribution in [0.2, 0.25) is 0 Å². The van der Waals surface area contributed by atoms with E-state index in [4.69, 9.17) is 0 Å². The molecule has 1 aliphatic heterocycles. The topological polar surface area (TPSA) is 72.6 Å². The normalized spacial score (nSPS) is 21.3. The lowest BCUT2D eigenvalue weighted by Gasteiger charge is -2.26. The molecule has 130 valence electrons. The highest BCUT2D eigenvalue weighted by atomic mass is 15.5. The van der Waals surface area contributed by atoms with Gasteiger partial charge in [-0.2, -0.15) is 5.10 Å². The largest absolute Gasteiger partial charge is 0.268 e. The minimum Gasteiger partial charge on any atom is -0.268 e. The third-order valence-corrected chi connectivity index (χ3v) is 4.51. The molecule has 7 heteroatoms. The van der Waals surface area contributed by atoms with Crippen LogP contribution in [0.1, 0.15) is 32.9 Å². The van der Waals surface area contributed by atoms with Gasteiger partial charge in [0.25, 0.3) is 0 Å². The summed E-state index contributed by atoms with van der Waals surface area (Å²) in [6.07, 6.45) is 6.90. The summed E-state index contributed by atoms with van der Waals surface area (Å²) in [7, 11) is 0. The molecule has 0 bridgehead atoms. The number of nitrogens with zero attached hydrogens (tertiary/aromatic N) is 5. The Hall–Kier alpha value is -1.99. The smallest absolute Gasteiger partial charge is 0.116 e. The van der Waals surface area contributed by atoms with Crippen LogP contribution in [0.3, 0.4) is 0 Å². The van der Waals surface area contributed by atoms with E-state index >= 15 is 0 Å². The molecule has 2 N–H and O–H groups in total. The van der Waals surface area contributed by atoms with Crippen molar-refractivity contribution >= 4 is 0 Å². The molecule has 0 aliphatic carbocycles. The molecule has 2 aromatic heterocycles. The SMILES string of the molecule is C=CCn1cc(-c2cn(CC3CC(C(C)(C)C)NN3)nn2)c(C)n1. The van der Waals surface area contributed by atoms with Gasteiger partial charge in [-0.1, -0.05) is 32.1 Å². The van der Waals surface area contributed by atoms with Crippen LogP contribution in [0.25, 0.3) is 11.3 Å². The number of aryl methyl sites for hydroxylation is 1. The predicted molar refractivity (Wildman–Crippen MR) is 94.1 cm³/mol. The zero-order valence-corrected chi connectivity index (χ0v) is 15.0. The van der Waals surface area contributed by atoms with Crippen LogP contribution in [0.15, 0.2) is 25.0 Å². The Kier molecular flexibility index (Phi) is 4.56. The summed E-state index contributed by atoms with van der Waals surface area (Å²) in [5.74, 6) is 0. The quantitative estimate of drug-likeness (QED) is 0.820. The molecule has 2 unspecified atom stereocenters. The minimum atomic E-state index is 0.242. The fourth-order valence-electron chi connectivity index (χ4n) is 3.04. The first-order chi connectivity index (χ1) is 11.4. The molecule has 0 spiro atoms. The van der Waals surface area contributed by atoms with E-state index in [1.54, 1.807) is 0 Å². The Bertz CT molecular complexity index is 707. The molecule has 0 radical (unpaired) electrons. The van der Waals surface area contributed by atoms with E-state index in [1.165, 1.54) is 0 Å². The van der Waals surface area contributed by atoms with Crippen LogP contribution in [0, 0.1) is 12.3 Å². The van der Waals surface area contributed by atoms with E-state index < -0.39 is 0 Å². The van der Waals surface area contributed by atoms with Gasteiger partial charge in [0.15, 0.2) is 0 Å². The highest BCUT2D eigenvalue weighted by Crippen LogP contribution is 2.26. The second-order valence-electron chi connectivity index (χ2n) is 7.60. The van der Waals surface area contributed by atoms with Crippen LogP contribution >= 0.6 is 0 Å². The summed E-state index contributed by atoms with van der Waals surface area (Å²) in [5, 5.41) is 13.1. The number of hydrogen-bond donors (Lipinski definition) is 2. The maximum atomic E-state index is 4.47. The lowest BCUT2D eigenvalue weighted by atomic mass is 9.85. The summed E-state index contributed by atoms with van der Waals surface area (Å²) >= 11 is 0. The standard InChI is InChI=1S/C17H27N7/c1-6-7-23-10-14(12(2)21-23)15-11-24(22-19-15)9-13-8-16(20-18-13)17(3,4)5/h6,10-11,13,16,18,20H,1,7-9H2,2-5H3. The maximum absolute atomic E-state index is 4.47. The Morgan fingerprint density at radius 2 is 2.08 bits per heavy atom. The molecule has 2 atom stereocenters. The molecule has 3 rings (SSSR count). The molecule has 3 heterocycles. The highest BCUT2D eigenvalue weighted by molar-refractivity contribution is 5.59. The van der Waals surface area contributed by atoms with Crippen molar-refractivity contribution < 1.29 is 0 Å². The van der Waals surface area contributed by atoms with Crippen molar-refractivity contribution in [1.29, 1.82) is 0 Å². The third kappa shape index (κ3) is 3.57. The molecule has 24 heavy (non-hydrogen) atoms. The first-order valence-corrected chi connectivity index (χ1v) is 8.43. The van der Waals surface area contributed by atoms with Gasteiger partial charge in [-0.25, -0.2) is 0 Å². The van der Waals surface area contributed by atoms with Crippen molar-refractivity contribution in [3.05, 3.63) is 30.7 Å².